The minimum absolute atomic E-state index is 0.207. The zero-order valence-corrected chi connectivity index (χ0v) is 15.2. The predicted molar refractivity (Wildman–Crippen MR) is 100 cm³/mol. The van der Waals surface area contributed by atoms with Gasteiger partial charge in [0.15, 0.2) is 5.69 Å². The number of rotatable bonds is 4. The minimum atomic E-state index is -0.550. The molecule has 0 atom stereocenters. The van der Waals surface area contributed by atoms with Gasteiger partial charge in [-0.05, 0) is 37.3 Å². The smallest absolute Gasteiger partial charge is 0.270 e. The van der Waals surface area contributed by atoms with E-state index in [1.807, 2.05) is 6.07 Å². The highest BCUT2D eigenvalue weighted by Gasteiger charge is 2.24. The van der Waals surface area contributed by atoms with Gasteiger partial charge in [-0.15, -0.1) is 16.9 Å². The number of anilines is 1. The molecule has 1 aliphatic heterocycles. The summed E-state index contributed by atoms with van der Waals surface area (Å²) >= 11 is 1.71. The molecule has 3 heterocycles. The predicted octanol–water partition coefficient (Wildman–Crippen LogP) is 1.88. The molecular formula is C17H19N7OS. The number of nitrogens with zero attached hydrogens (tertiary/aromatic N) is 6. The summed E-state index contributed by atoms with van der Waals surface area (Å²) in [6.07, 6.45) is 7.12. The van der Waals surface area contributed by atoms with Crippen LogP contribution in [0.3, 0.4) is 0 Å². The topological polar surface area (TPSA) is 103 Å². The van der Waals surface area contributed by atoms with E-state index >= 15 is 0 Å². The number of thioether (sulfide) groups is 1. The van der Waals surface area contributed by atoms with Crippen molar-refractivity contribution < 1.29 is 4.79 Å². The summed E-state index contributed by atoms with van der Waals surface area (Å²) in [6, 6.07) is 6.48. The van der Waals surface area contributed by atoms with Crippen LogP contribution in [0.4, 0.5) is 5.82 Å². The van der Waals surface area contributed by atoms with Crippen LogP contribution in [0.15, 0.2) is 35.6 Å². The van der Waals surface area contributed by atoms with Crippen molar-refractivity contribution >= 4 is 34.4 Å². The fraction of sp³-hybridized carbons (Fsp3) is 0.353. The van der Waals surface area contributed by atoms with E-state index in [1.54, 1.807) is 29.0 Å². The Morgan fingerprint density at radius 2 is 2.08 bits per heavy atom. The maximum absolute atomic E-state index is 11.2. The summed E-state index contributed by atoms with van der Waals surface area (Å²) in [5.41, 5.74) is 6.42. The maximum atomic E-state index is 11.2. The molecule has 4 rings (SSSR count). The van der Waals surface area contributed by atoms with Crippen molar-refractivity contribution in [3.8, 4) is 0 Å². The molecule has 0 bridgehead atoms. The number of hydrogen-bond donors (Lipinski definition) is 1. The molecule has 0 unspecified atom stereocenters. The Hall–Kier alpha value is -2.68. The highest BCUT2D eigenvalue weighted by Crippen LogP contribution is 2.31. The average Bonchev–Trinajstić information content (AvgIpc) is 3.18. The van der Waals surface area contributed by atoms with Gasteiger partial charge in [-0.3, -0.25) is 4.79 Å². The first kappa shape index (κ1) is 16.8. The molecule has 1 aliphatic rings. The van der Waals surface area contributed by atoms with E-state index in [-0.39, 0.29) is 11.7 Å². The molecule has 0 radical (unpaired) electrons. The average molecular weight is 369 g/mol. The molecule has 1 aromatic carbocycles. The van der Waals surface area contributed by atoms with Gasteiger partial charge in [0, 0.05) is 23.4 Å². The summed E-state index contributed by atoms with van der Waals surface area (Å²) in [5.74, 6) is 0.423. The van der Waals surface area contributed by atoms with Crippen LogP contribution < -0.4 is 10.6 Å². The molecule has 3 aromatic rings. The van der Waals surface area contributed by atoms with Gasteiger partial charge >= 0.3 is 0 Å². The number of hydrogen-bond acceptors (Lipinski definition) is 7. The van der Waals surface area contributed by atoms with E-state index in [9.17, 15) is 4.79 Å². The summed E-state index contributed by atoms with van der Waals surface area (Å²) in [5, 5.41) is 8.96. The number of piperidine rings is 1. The number of benzene rings is 1. The van der Waals surface area contributed by atoms with Crippen LogP contribution in [0.2, 0.25) is 0 Å². The molecule has 0 saturated carbocycles. The van der Waals surface area contributed by atoms with Crippen molar-refractivity contribution in [1.29, 1.82) is 0 Å². The second kappa shape index (κ2) is 6.91. The van der Waals surface area contributed by atoms with Crippen LogP contribution in [0.1, 0.15) is 29.4 Å². The Morgan fingerprint density at radius 1 is 1.27 bits per heavy atom. The lowest BCUT2D eigenvalue weighted by atomic mass is 10.0. The summed E-state index contributed by atoms with van der Waals surface area (Å²) in [4.78, 5) is 23.6. The van der Waals surface area contributed by atoms with Crippen LogP contribution in [0.25, 0.3) is 10.9 Å². The number of primary amides is 1. The van der Waals surface area contributed by atoms with Gasteiger partial charge in [-0.1, -0.05) is 5.21 Å². The van der Waals surface area contributed by atoms with Crippen LogP contribution >= 0.6 is 11.8 Å². The standard InChI is InChI=1S/C17H19N7OS/c1-26-12-2-3-14-13(8-12)17(20-10-19-14)23-6-4-11(5-7-23)24-9-15(16(18)25)21-22-24/h2-3,8-11H,4-7H2,1H3,(H2,18,25). The van der Waals surface area contributed by atoms with E-state index in [2.05, 4.69) is 43.6 Å². The Kier molecular flexibility index (Phi) is 4.46. The lowest BCUT2D eigenvalue weighted by Crippen LogP contribution is -2.35. The van der Waals surface area contributed by atoms with Gasteiger partial charge in [0.25, 0.3) is 5.91 Å². The SMILES string of the molecule is CSc1ccc2ncnc(N3CCC(n4cc(C(N)=O)nn4)CC3)c2c1. The van der Waals surface area contributed by atoms with E-state index in [1.165, 1.54) is 4.90 Å². The van der Waals surface area contributed by atoms with E-state index in [0.29, 0.717) is 0 Å². The quantitative estimate of drug-likeness (QED) is 0.700. The fourth-order valence-corrected chi connectivity index (χ4v) is 3.75. The molecule has 1 amide bonds. The lowest BCUT2D eigenvalue weighted by molar-refractivity contribution is 0.0995. The van der Waals surface area contributed by atoms with Gasteiger partial charge < -0.3 is 10.6 Å². The largest absolute Gasteiger partial charge is 0.364 e. The minimum Gasteiger partial charge on any atom is -0.364 e. The second-order valence-corrected chi connectivity index (χ2v) is 7.13. The molecule has 2 N–H and O–H groups in total. The monoisotopic (exact) mass is 369 g/mol. The van der Waals surface area contributed by atoms with Crippen molar-refractivity contribution in [3.63, 3.8) is 0 Å². The van der Waals surface area contributed by atoms with Crippen molar-refractivity contribution in [2.45, 2.75) is 23.8 Å². The van der Waals surface area contributed by atoms with Crippen LogP contribution in [-0.2, 0) is 0 Å². The molecule has 134 valence electrons. The first-order valence-corrected chi connectivity index (χ1v) is 9.63. The van der Waals surface area contributed by atoms with Gasteiger partial charge in [0.2, 0.25) is 0 Å². The van der Waals surface area contributed by atoms with Gasteiger partial charge in [-0.25, -0.2) is 14.6 Å². The molecule has 9 heteroatoms. The molecule has 0 spiro atoms. The third kappa shape index (κ3) is 3.10. The van der Waals surface area contributed by atoms with Crippen molar-refractivity contribution in [2.24, 2.45) is 5.73 Å². The number of nitrogens with two attached hydrogens (primary N) is 1. The third-order valence-corrected chi connectivity index (χ3v) is 5.45. The Labute approximate surface area is 154 Å². The normalized spacial score (nSPS) is 15.5. The lowest BCUT2D eigenvalue weighted by Gasteiger charge is -2.33. The molecule has 1 fully saturated rings. The zero-order valence-electron chi connectivity index (χ0n) is 14.4. The summed E-state index contributed by atoms with van der Waals surface area (Å²) in [7, 11) is 0. The Balaban J connectivity index is 1.54. The van der Waals surface area contributed by atoms with E-state index in [4.69, 9.17) is 5.73 Å². The third-order valence-electron chi connectivity index (χ3n) is 4.72. The van der Waals surface area contributed by atoms with E-state index in [0.717, 1.165) is 42.7 Å². The maximum Gasteiger partial charge on any atom is 0.270 e. The first-order chi connectivity index (χ1) is 12.7. The molecule has 2 aromatic heterocycles. The van der Waals surface area contributed by atoms with Crippen molar-refractivity contribution in [2.75, 3.05) is 24.2 Å². The molecule has 8 nitrogen and oxygen atoms in total. The van der Waals surface area contributed by atoms with Gasteiger partial charge in [0.1, 0.15) is 12.1 Å². The molecule has 0 aliphatic carbocycles. The highest BCUT2D eigenvalue weighted by molar-refractivity contribution is 7.98. The molecular weight excluding hydrogens is 350 g/mol. The number of fused-ring (bicyclic) bond motifs is 1. The van der Waals surface area contributed by atoms with Gasteiger partial charge in [0.05, 0.1) is 17.8 Å². The fourth-order valence-electron chi connectivity index (χ4n) is 3.31. The van der Waals surface area contributed by atoms with Gasteiger partial charge in [-0.2, -0.15) is 0 Å². The van der Waals surface area contributed by atoms with Crippen LogP contribution in [0, 0.1) is 0 Å². The summed E-state index contributed by atoms with van der Waals surface area (Å²) < 4.78 is 1.75. The second-order valence-electron chi connectivity index (χ2n) is 6.25. The van der Waals surface area contributed by atoms with Crippen molar-refractivity contribution in [1.82, 2.24) is 25.0 Å². The number of carbonyl (C=O) groups excluding carboxylic acids is 1. The number of carbonyl (C=O) groups is 1. The highest BCUT2D eigenvalue weighted by atomic mass is 32.2. The first-order valence-electron chi connectivity index (χ1n) is 8.41. The number of aromatic nitrogens is 5. The Bertz CT molecular complexity index is 949. The molecule has 1 saturated heterocycles. The van der Waals surface area contributed by atoms with Crippen LogP contribution in [-0.4, -0.2) is 50.2 Å². The Morgan fingerprint density at radius 3 is 2.77 bits per heavy atom. The van der Waals surface area contributed by atoms with Crippen molar-refractivity contribution in [3.05, 3.63) is 36.4 Å². The summed E-state index contributed by atoms with van der Waals surface area (Å²) in [6.45, 7) is 1.71. The van der Waals surface area contributed by atoms with Crippen LogP contribution in [0.5, 0.6) is 0 Å². The molecule has 26 heavy (non-hydrogen) atoms. The number of amides is 1. The zero-order chi connectivity index (χ0) is 18.1. The van der Waals surface area contributed by atoms with E-state index < -0.39 is 5.91 Å².